The second-order valence-corrected chi connectivity index (χ2v) is 2.80. The summed E-state index contributed by atoms with van der Waals surface area (Å²) in [6, 6.07) is 8.28. The number of hydrogen-bond donors (Lipinski definition) is 1. The number of benzene rings is 1. The summed E-state index contributed by atoms with van der Waals surface area (Å²) in [6.07, 6.45) is 2.45. The Kier molecular flexibility index (Phi) is 7.05. The summed E-state index contributed by atoms with van der Waals surface area (Å²) in [5.74, 6) is 0. The van der Waals surface area contributed by atoms with Gasteiger partial charge in [-0.1, -0.05) is 29.8 Å². The minimum absolute atomic E-state index is 0.250. The molecule has 76 valence electrons. The predicted molar refractivity (Wildman–Crippen MR) is 54.3 cm³/mol. The van der Waals surface area contributed by atoms with E-state index in [1.54, 1.807) is 0 Å². The molecule has 0 aliphatic rings. The molecule has 0 aromatic heterocycles. The molecule has 0 aliphatic carbocycles. The molecule has 0 radical (unpaired) electrons. The molecule has 0 fully saturated rings. The Morgan fingerprint density at radius 3 is 2.14 bits per heavy atom. The zero-order valence-corrected chi connectivity index (χ0v) is 8.14. The number of aryl methyl sites for hydroxylation is 2. The summed E-state index contributed by atoms with van der Waals surface area (Å²) in [4.78, 5) is 18.4. The molecule has 0 unspecified atom stereocenters. The van der Waals surface area contributed by atoms with Gasteiger partial charge in [0.15, 0.2) is 0 Å². The molecule has 14 heavy (non-hydrogen) atoms. The smallest absolute Gasteiger partial charge is 0.290 e. The van der Waals surface area contributed by atoms with Crippen LogP contribution in [-0.2, 0) is 16.0 Å². The zero-order valence-electron chi connectivity index (χ0n) is 8.14. The number of rotatable bonds is 3. The number of carbonyl (C=O) groups excluding carboxylic acids is 1. The molecule has 0 atom stereocenters. The van der Waals surface area contributed by atoms with Gasteiger partial charge in [0.2, 0.25) is 0 Å². The molecule has 1 rings (SSSR count). The molecule has 3 nitrogen and oxygen atoms in total. The molecule has 0 saturated carbocycles. The van der Waals surface area contributed by atoms with E-state index in [-0.39, 0.29) is 6.47 Å². The van der Waals surface area contributed by atoms with E-state index in [1.807, 2.05) is 0 Å². The average Bonchev–Trinajstić information content (AvgIpc) is 2.18. The monoisotopic (exact) mass is 194 g/mol. The second-order valence-electron chi connectivity index (χ2n) is 2.80. The van der Waals surface area contributed by atoms with Crippen LogP contribution in [-0.4, -0.2) is 17.9 Å². The fourth-order valence-electron chi connectivity index (χ4n) is 0.980. The van der Waals surface area contributed by atoms with Crippen LogP contribution in [0.5, 0.6) is 0 Å². The van der Waals surface area contributed by atoms with E-state index >= 15 is 0 Å². The van der Waals surface area contributed by atoms with E-state index in [1.165, 1.54) is 11.1 Å². The first-order chi connectivity index (χ1) is 6.74. The van der Waals surface area contributed by atoms with Gasteiger partial charge >= 0.3 is 0 Å². The van der Waals surface area contributed by atoms with Crippen LogP contribution in [0, 0.1) is 6.92 Å². The van der Waals surface area contributed by atoms with Gasteiger partial charge in [0.1, 0.15) is 6.29 Å². The number of carboxylic acid groups (broad SMARTS) is 1. The number of aldehydes is 1. The van der Waals surface area contributed by atoms with Crippen LogP contribution in [0.3, 0.4) is 0 Å². The SMILES string of the molecule is Cc1ccc(CCC=O)cc1.O=CO. The van der Waals surface area contributed by atoms with Crippen molar-refractivity contribution < 1.29 is 14.7 Å². The first-order valence-corrected chi connectivity index (χ1v) is 4.31. The molecule has 1 N–H and O–H groups in total. The molecule has 0 spiro atoms. The summed E-state index contributed by atoms with van der Waals surface area (Å²) in [5.41, 5.74) is 2.50. The van der Waals surface area contributed by atoms with Crippen LogP contribution in [0.2, 0.25) is 0 Å². The van der Waals surface area contributed by atoms with Crippen molar-refractivity contribution in [3.05, 3.63) is 35.4 Å². The highest BCUT2D eigenvalue weighted by atomic mass is 16.3. The molecule has 0 heterocycles. The van der Waals surface area contributed by atoms with Gasteiger partial charge in [0, 0.05) is 6.42 Å². The van der Waals surface area contributed by atoms with E-state index in [4.69, 9.17) is 9.90 Å². The van der Waals surface area contributed by atoms with E-state index < -0.39 is 0 Å². The van der Waals surface area contributed by atoms with Gasteiger partial charge in [0.25, 0.3) is 6.47 Å². The second kappa shape index (κ2) is 7.98. The molecular formula is C11H14O3. The first-order valence-electron chi connectivity index (χ1n) is 4.31. The van der Waals surface area contributed by atoms with Crippen molar-refractivity contribution >= 4 is 12.8 Å². The minimum Gasteiger partial charge on any atom is -0.483 e. The van der Waals surface area contributed by atoms with E-state index in [0.29, 0.717) is 6.42 Å². The Morgan fingerprint density at radius 1 is 1.21 bits per heavy atom. The summed E-state index contributed by atoms with van der Waals surface area (Å²) in [7, 11) is 0. The summed E-state index contributed by atoms with van der Waals surface area (Å²) >= 11 is 0. The van der Waals surface area contributed by atoms with Gasteiger partial charge in [-0.2, -0.15) is 0 Å². The Bertz CT molecular complexity index is 264. The summed E-state index contributed by atoms with van der Waals surface area (Å²) in [5, 5.41) is 6.89. The van der Waals surface area contributed by atoms with E-state index in [9.17, 15) is 4.79 Å². The fraction of sp³-hybridized carbons (Fsp3) is 0.273. The third-order valence-corrected chi connectivity index (χ3v) is 1.67. The Morgan fingerprint density at radius 2 is 1.71 bits per heavy atom. The van der Waals surface area contributed by atoms with Crippen molar-refractivity contribution in [2.45, 2.75) is 19.8 Å². The van der Waals surface area contributed by atoms with Crippen molar-refractivity contribution in [1.82, 2.24) is 0 Å². The first kappa shape index (κ1) is 12.4. The van der Waals surface area contributed by atoms with Gasteiger partial charge < -0.3 is 9.90 Å². The minimum atomic E-state index is -0.250. The molecule has 0 aliphatic heterocycles. The van der Waals surface area contributed by atoms with Gasteiger partial charge in [-0.05, 0) is 18.9 Å². The van der Waals surface area contributed by atoms with Crippen LogP contribution in [0.15, 0.2) is 24.3 Å². The molecule has 1 aromatic carbocycles. The van der Waals surface area contributed by atoms with Crippen LogP contribution >= 0.6 is 0 Å². The number of hydrogen-bond acceptors (Lipinski definition) is 2. The van der Waals surface area contributed by atoms with Crippen molar-refractivity contribution in [2.75, 3.05) is 0 Å². The third-order valence-electron chi connectivity index (χ3n) is 1.67. The normalized spacial score (nSPS) is 8.36. The van der Waals surface area contributed by atoms with Crippen LogP contribution < -0.4 is 0 Å². The Hall–Kier alpha value is -1.64. The van der Waals surface area contributed by atoms with Crippen LogP contribution in [0.1, 0.15) is 17.5 Å². The average molecular weight is 194 g/mol. The molecule has 1 aromatic rings. The van der Waals surface area contributed by atoms with Gasteiger partial charge in [-0.25, -0.2) is 0 Å². The van der Waals surface area contributed by atoms with Crippen molar-refractivity contribution in [2.24, 2.45) is 0 Å². The summed E-state index contributed by atoms with van der Waals surface area (Å²) in [6.45, 7) is 1.81. The lowest BCUT2D eigenvalue weighted by atomic mass is 10.1. The standard InChI is InChI=1S/C10H12O.CH2O2/c1-9-4-6-10(7-5-9)3-2-8-11;2-1-3/h4-8H,2-3H2,1H3;1H,(H,2,3). The summed E-state index contributed by atoms with van der Waals surface area (Å²) < 4.78 is 0. The maximum atomic E-state index is 10.0. The zero-order chi connectivity index (χ0) is 10.8. The lowest BCUT2D eigenvalue weighted by Crippen LogP contribution is -1.85. The van der Waals surface area contributed by atoms with E-state index in [2.05, 4.69) is 31.2 Å². The maximum absolute atomic E-state index is 10.0. The van der Waals surface area contributed by atoms with Gasteiger partial charge in [-0.3, -0.25) is 4.79 Å². The quantitative estimate of drug-likeness (QED) is 0.747. The lowest BCUT2D eigenvalue weighted by molar-refractivity contribution is -0.122. The molecule has 3 heteroatoms. The molecular weight excluding hydrogens is 180 g/mol. The Balaban J connectivity index is 0.000000500. The van der Waals surface area contributed by atoms with E-state index in [0.717, 1.165) is 12.7 Å². The maximum Gasteiger partial charge on any atom is 0.290 e. The van der Waals surface area contributed by atoms with Crippen molar-refractivity contribution in [1.29, 1.82) is 0 Å². The topological polar surface area (TPSA) is 54.4 Å². The number of carbonyl (C=O) groups is 2. The lowest BCUT2D eigenvalue weighted by Gasteiger charge is -1.96. The van der Waals surface area contributed by atoms with Crippen LogP contribution in [0.25, 0.3) is 0 Å². The third kappa shape index (κ3) is 5.94. The highest BCUT2D eigenvalue weighted by Gasteiger charge is 1.90. The largest absolute Gasteiger partial charge is 0.483 e. The van der Waals surface area contributed by atoms with Gasteiger partial charge in [0.05, 0.1) is 0 Å². The van der Waals surface area contributed by atoms with Crippen molar-refractivity contribution in [3.8, 4) is 0 Å². The van der Waals surface area contributed by atoms with Crippen LogP contribution in [0.4, 0.5) is 0 Å². The Labute approximate surface area is 83.4 Å². The van der Waals surface area contributed by atoms with Gasteiger partial charge in [-0.15, -0.1) is 0 Å². The predicted octanol–water partition coefficient (Wildman–Crippen LogP) is 1.83. The fourth-order valence-corrected chi connectivity index (χ4v) is 0.980. The highest BCUT2D eigenvalue weighted by Crippen LogP contribution is 2.04. The van der Waals surface area contributed by atoms with Crippen molar-refractivity contribution in [3.63, 3.8) is 0 Å². The molecule has 0 bridgehead atoms. The highest BCUT2D eigenvalue weighted by molar-refractivity contribution is 5.50. The molecule has 0 amide bonds. The molecule has 0 saturated heterocycles.